The summed E-state index contributed by atoms with van der Waals surface area (Å²) in [4.78, 5) is 22.8. The van der Waals surface area contributed by atoms with Gasteiger partial charge in [0.15, 0.2) is 5.82 Å². The molecule has 1 N–H and O–H groups in total. The van der Waals surface area contributed by atoms with E-state index >= 15 is 0 Å². The number of carbonyl (C=O) groups is 1. The van der Waals surface area contributed by atoms with Crippen LogP contribution < -0.4 is 10.2 Å². The summed E-state index contributed by atoms with van der Waals surface area (Å²) < 4.78 is 28.9. The Kier molecular flexibility index (Phi) is 7.11. The maximum Gasteiger partial charge on any atom is 0.244 e. The lowest BCUT2D eigenvalue weighted by Crippen LogP contribution is -2.44. The molecule has 194 valence electrons. The molecule has 4 aromatic rings. The van der Waals surface area contributed by atoms with Crippen LogP contribution in [0.3, 0.4) is 0 Å². The second-order valence-corrected chi connectivity index (χ2v) is 11.5. The highest BCUT2D eigenvalue weighted by Gasteiger charge is 2.35. The van der Waals surface area contributed by atoms with Gasteiger partial charge in [-0.25, -0.2) is 18.4 Å². The van der Waals surface area contributed by atoms with Crippen LogP contribution in [0, 0.1) is 6.92 Å². The fourth-order valence-electron chi connectivity index (χ4n) is 4.24. The lowest BCUT2D eigenvalue weighted by Gasteiger charge is -2.37. The number of nitrogens with zero attached hydrogens (tertiary/aromatic N) is 4. The molecular formula is C27H23Cl2N5O3S. The molecule has 1 amide bonds. The molecule has 2 heterocycles. The van der Waals surface area contributed by atoms with Crippen LogP contribution in [0.2, 0.25) is 10.0 Å². The van der Waals surface area contributed by atoms with E-state index in [-0.39, 0.29) is 24.0 Å². The molecule has 11 heteroatoms. The minimum absolute atomic E-state index is 0.00851. The first-order chi connectivity index (χ1) is 18.1. The Morgan fingerprint density at radius 1 is 0.947 bits per heavy atom. The number of fused-ring (bicyclic) bond motifs is 1. The van der Waals surface area contributed by atoms with Crippen molar-refractivity contribution < 1.29 is 13.2 Å². The first-order valence-corrected chi connectivity index (χ1v) is 13.9. The molecule has 0 unspecified atom stereocenters. The van der Waals surface area contributed by atoms with Crippen LogP contribution in [-0.4, -0.2) is 35.3 Å². The van der Waals surface area contributed by atoms with Crippen molar-refractivity contribution in [2.45, 2.75) is 25.3 Å². The largest absolute Gasteiger partial charge is 0.326 e. The Labute approximate surface area is 230 Å². The number of hydrogen-bond donors (Lipinski definition) is 1. The van der Waals surface area contributed by atoms with Gasteiger partial charge in [0.25, 0.3) is 0 Å². The number of nitrogens with one attached hydrogen (secondary N) is 1. The number of amides is 1. The molecule has 0 saturated carbocycles. The highest BCUT2D eigenvalue weighted by molar-refractivity contribution is 7.89. The number of aromatic nitrogens is 2. The van der Waals surface area contributed by atoms with E-state index < -0.39 is 10.0 Å². The van der Waals surface area contributed by atoms with Gasteiger partial charge in [0.1, 0.15) is 5.82 Å². The van der Waals surface area contributed by atoms with Crippen molar-refractivity contribution in [3.63, 3.8) is 0 Å². The third kappa shape index (κ3) is 5.10. The normalized spacial score (nSPS) is 13.7. The van der Waals surface area contributed by atoms with E-state index in [0.717, 1.165) is 5.56 Å². The summed E-state index contributed by atoms with van der Waals surface area (Å²) in [7, 11) is -3.92. The average molecular weight is 568 g/mol. The van der Waals surface area contributed by atoms with Crippen molar-refractivity contribution >= 4 is 56.3 Å². The van der Waals surface area contributed by atoms with Crippen LogP contribution in [0.5, 0.6) is 0 Å². The van der Waals surface area contributed by atoms with E-state index in [1.807, 2.05) is 37.3 Å². The van der Waals surface area contributed by atoms with Crippen molar-refractivity contribution in [3.8, 4) is 11.4 Å². The van der Waals surface area contributed by atoms with Crippen molar-refractivity contribution in [2.75, 3.05) is 16.9 Å². The van der Waals surface area contributed by atoms with E-state index in [4.69, 9.17) is 33.2 Å². The summed E-state index contributed by atoms with van der Waals surface area (Å²) in [6, 6.07) is 20.8. The standard InChI is InChI=1S/C27H23Cl2N5O3S/c1-17-23-15-33(38(36,37)22-11-8-20(9-12-22)31-18(2)35)16-34(21-10-13-24(28)25(29)14-21)27(23)32-26(30-17)19-6-4-3-5-7-19/h3-14H,15-16H2,1-2H3,(H,31,35). The predicted octanol–water partition coefficient (Wildman–Crippen LogP) is 6.02. The van der Waals surface area contributed by atoms with Gasteiger partial charge in [-0.05, 0) is 49.4 Å². The molecule has 1 aliphatic heterocycles. The molecule has 0 bridgehead atoms. The van der Waals surface area contributed by atoms with E-state index in [9.17, 15) is 13.2 Å². The number of anilines is 3. The van der Waals surface area contributed by atoms with Gasteiger partial charge in [-0.15, -0.1) is 0 Å². The van der Waals surface area contributed by atoms with Gasteiger partial charge in [0.2, 0.25) is 15.9 Å². The number of sulfonamides is 1. The summed E-state index contributed by atoms with van der Waals surface area (Å²) in [5.41, 5.74) is 3.34. The maximum absolute atomic E-state index is 13.8. The Morgan fingerprint density at radius 2 is 1.66 bits per heavy atom. The van der Waals surface area contributed by atoms with Crippen molar-refractivity contribution in [1.82, 2.24) is 14.3 Å². The molecule has 8 nitrogen and oxygen atoms in total. The molecule has 0 aliphatic carbocycles. The quantitative estimate of drug-likeness (QED) is 0.317. The SMILES string of the molecule is CC(=O)Nc1ccc(S(=O)(=O)N2Cc3c(C)nc(-c4ccccc4)nc3N(c3ccc(Cl)c(Cl)c3)C2)cc1. The van der Waals surface area contributed by atoms with Crippen molar-refractivity contribution in [1.29, 1.82) is 0 Å². The minimum Gasteiger partial charge on any atom is -0.326 e. The second kappa shape index (κ2) is 10.3. The Hall–Kier alpha value is -3.50. The molecule has 0 saturated heterocycles. The minimum atomic E-state index is -3.92. The fourth-order valence-corrected chi connectivity index (χ4v) is 5.87. The zero-order valence-electron chi connectivity index (χ0n) is 20.5. The van der Waals surface area contributed by atoms with Crippen LogP contribution in [0.4, 0.5) is 17.2 Å². The van der Waals surface area contributed by atoms with Crippen LogP contribution in [0.25, 0.3) is 11.4 Å². The number of hydrogen-bond acceptors (Lipinski definition) is 6. The van der Waals surface area contributed by atoms with Crippen molar-refractivity contribution in [2.24, 2.45) is 0 Å². The first kappa shape index (κ1) is 26.1. The molecule has 0 fully saturated rings. The highest BCUT2D eigenvalue weighted by atomic mass is 35.5. The zero-order valence-corrected chi connectivity index (χ0v) is 22.8. The molecule has 5 rings (SSSR count). The topological polar surface area (TPSA) is 95.5 Å². The molecule has 3 aromatic carbocycles. The smallest absolute Gasteiger partial charge is 0.244 e. The Bertz CT molecular complexity index is 1630. The summed E-state index contributed by atoms with van der Waals surface area (Å²) in [5.74, 6) is 0.898. The van der Waals surface area contributed by atoms with E-state index in [0.29, 0.717) is 44.3 Å². The van der Waals surface area contributed by atoms with Gasteiger partial charge in [-0.2, -0.15) is 4.31 Å². The third-order valence-corrected chi connectivity index (χ3v) is 8.67. The molecule has 1 aromatic heterocycles. The zero-order chi connectivity index (χ0) is 27.0. The average Bonchev–Trinajstić information content (AvgIpc) is 2.90. The van der Waals surface area contributed by atoms with Crippen molar-refractivity contribution in [3.05, 3.63) is 94.1 Å². The number of carbonyl (C=O) groups excluding carboxylic acids is 1. The lowest BCUT2D eigenvalue weighted by molar-refractivity contribution is -0.114. The van der Waals surface area contributed by atoms with Gasteiger partial charge in [-0.1, -0.05) is 53.5 Å². The third-order valence-electron chi connectivity index (χ3n) is 6.14. The molecule has 0 radical (unpaired) electrons. The first-order valence-electron chi connectivity index (χ1n) is 11.7. The fraction of sp³-hybridized carbons (Fsp3) is 0.148. The van der Waals surface area contributed by atoms with Crippen LogP contribution >= 0.6 is 23.2 Å². The van der Waals surface area contributed by atoms with Crippen LogP contribution in [0.15, 0.2) is 77.7 Å². The summed E-state index contributed by atoms with van der Waals surface area (Å²) in [5, 5.41) is 3.38. The number of halogens is 2. The maximum atomic E-state index is 13.8. The predicted molar refractivity (Wildman–Crippen MR) is 149 cm³/mol. The summed E-state index contributed by atoms with van der Waals surface area (Å²) >= 11 is 12.5. The van der Waals surface area contributed by atoms with Gasteiger partial charge >= 0.3 is 0 Å². The molecule has 0 atom stereocenters. The van der Waals surface area contributed by atoms with Crippen LogP contribution in [0.1, 0.15) is 18.2 Å². The molecule has 38 heavy (non-hydrogen) atoms. The van der Waals surface area contributed by atoms with E-state index in [1.165, 1.54) is 23.4 Å². The summed E-state index contributed by atoms with van der Waals surface area (Å²) in [6.45, 7) is 3.31. The monoisotopic (exact) mass is 567 g/mol. The number of aryl methyl sites for hydroxylation is 1. The van der Waals surface area contributed by atoms with E-state index in [2.05, 4.69) is 5.32 Å². The number of benzene rings is 3. The van der Waals surface area contributed by atoms with Gasteiger partial charge < -0.3 is 10.2 Å². The van der Waals surface area contributed by atoms with E-state index in [1.54, 1.807) is 35.2 Å². The molecule has 0 spiro atoms. The lowest BCUT2D eigenvalue weighted by atomic mass is 10.1. The molecule has 1 aliphatic rings. The van der Waals surface area contributed by atoms with Crippen LogP contribution in [-0.2, 0) is 21.4 Å². The van der Waals surface area contributed by atoms with Gasteiger partial charge in [-0.3, -0.25) is 4.79 Å². The molecular weight excluding hydrogens is 545 g/mol. The number of rotatable bonds is 5. The van der Waals surface area contributed by atoms with Gasteiger partial charge in [0, 0.05) is 41.7 Å². The Balaban J connectivity index is 1.60. The second-order valence-electron chi connectivity index (χ2n) is 8.79. The highest BCUT2D eigenvalue weighted by Crippen LogP contribution is 2.38. The summed E-state index contributed by atoms with van der Waals surface area (Å²) in [6.07, 6.45) is 0. The van der Waals surface area contributed by atoms with Gasteiger partial charge in [0.05, 0.1) is 21.6 Å². The Morgan fingerprint density at radius 3 is 2.32 bits per heavy atom.